The van der Waals surface area contributed by atoms with Crippen molar-refractivity contribution in [3.8, 4) is 17.3 Å². The van der Waals surface area contributed by atoms with E-state index >= 15 is 0 Å². The molecule has 1 saturated heterocycles. The van der Waals surface area contributed by atoms with Crippen molar-refractivity contribution in [2.24, 2.45) is 0 Å². The first kappa shape index (κ1) is 27.1. The van der Waals surface area contributed by atoms with Crippen LogP contribution in [-0.4, -0.2) is 64.7 Å². The fraction of sp³-hybridized carbons (Fsp3) is 0.333. The number of nitrogens with one attached hydrogen (secondary N) is 2. The number of nitrogens with zero attached hydrogens (tertiary/aromatic N) is 5. The van der Waals surface area contributed by atoms with E-state index in [2.05, 4.69) is 41.8 Å². The van der Waals surface area contributed by atoms with Gasteiger partial charge in [-0.3, -0.25) is 9.82 Å². The lowest BCUT2D eigenvalue weighted by Gasteiger charge is -2.29. The van der Waals surface area contributed by atoms with Crippen LogP contribution in [0.25, 0.3) is 22.4 Å². The lowest BCUT2D eigenvalue weighted by molar-refractivity contribution is -0.137. The standard InChI is InChI=1S/C24H23ClF3N7O3S/c1-13-20-22(33-32-13)30-21(31-23(20)38-16-6-9-35(2)10-7-16)14-3-4-18(17(25)11-14)34-39(36,37)19-12-15(5-8-29-19)24(26,27)28/h3-5,8,11-12,16,34H,6-7,9-10H2,1-2H3,(H,30,31,32,33). The van der Waals surface area contributed by atoms with Gasteiger partial charge < -0.3 is 9.64 Å². The van der Waals surface area contributed by atoms with Gasteiger partial charge in [-0.05, 0) is 57.1 Å². The molecule has 0 amide bonds. The summed E-state index contributed by atoms with van der Waals surface area (Å²) in [7, 11) is -2.41. The van der Waals surface area contributed by atoms with E-state index in [0.717, 1.165) is 32.1 Å². The molecule has 2 N–H and O–H groups in total. The Labute approximate surface area is 226 Å². The monoisotopic (exact) mass is 581 g/mol. The Hall–Kier alpha value is -3.49. The molecule has 0 bridgehead atoms. The van der Waals surface area contributed by atoms with Crippen LogP contribution in [0.5, 0.6) is 5.88 Å². The number of fused-ring (bicyclic) bond motifs is 1. The van der Waals surface area contributed by atoms with Gasteiger partial charge in [0.25, 0.3) is 10.0 Å². The van der Waals surface area contributed by atoms with Gasteiger partial charge in [0.2, 0.25) is 5.88 Å². The molecule has 1 aromatic carbocycles. The first-order chi connectivity index (χ1) is 18.4. The minimum Gasteiger partial charge on any atom is -0.474 e. The van der Waals surface area contributed by atoms with E-state index in [1.807, 2.05) is 6.92 Å². The molecule has 4 heterocycles. The molecular weight excluding hydrogens is 559 g/mol. The summed E-state index contributed by atoms with van der Waals surface area (Å²) >= 11 is 6.37. The highest BCUT2D eigenvalue weighted by Crippen LogP contribution is 2.34. The number of sulfonamides is 1. The molecule has 1 aliphatic heterocycles. The average molecular weight is 582 g/mol. The average Bonchev–Trinajstić information content (AvgIpc) is 3.27. The lowest BCUT2D eigenvalue weighted by atomic mass is 10.1. The summed E-state index contributed by atoms with van der Waals surface area (Å²) in [4.78, 5) is 14.9. The zero-order valence-electron chi connectivity index (χ0n) is 20.8. The van der Waals surface area contributed by atoms with Crippen molar-refractivity contribution < 1.29 is 26.3 Å². The van der Waals surface area contributed by atoms with Crippen LogP contribution in [-0.2, 0) is 16.2 Å². The Morgan fingerprint density at radius 2 is 1.90 bits per heavy atom. The summed E-state index contributed by atoms with van der Waals surface area (Å²) in [5.74, 6) is 0.650. The number of hydrogen-bond acceptors (Lipinski definition) is 8. The van der Waals surface area contributed by atoms with Crippen LogP contribution >= 0.6 is 11.6 Å². The van der Waals surface area contributed by atoms with E-state index in [-0.39, 0.29) is 22.6 Å². The summed E-state index contributed by atoms with van der Waals surface area (Å²) in [6.07, 6.45) is -2.29. The molecule has 1 fully saturated rings. The Morgan fingerprint density at radius 3 is 2.59 bits per heavy atom. The third kappa shape index (κ3) is 5.77. The van der Waals surface area contributed by atoms with Gasteiger partial charge in [0.1, 0.15) is 11.5 Å². The number of benzene rings is 1. The Kier molecular flexibility index (Phi) is 7.11. The predicted molar refractivity (Wildman–Crippen MR) is 138 cm³/mol. The molecule has 206 valence electrons. The summed E-state index contributed by atoms with van der Waals surface area (Å²) < 4.78 is 73.0. The van der Waals surface area contributed by atoms with Gasteiger partial charge in [0, 0.05) is 24.8 Å². The number of hydrogen-bond donors (Lipinski definition) is 2. The van der Waals surface area contributed by atoms with Crippen LogP contribution in [0.3, 0.4) is 0 Å². The molecule has 5 rings (SSSR count). The molecule has 0 atom stereocenters. The van der Waals surface area contributed by atoms with E-state index < -0.39 is 26.8 Å². The van der Waals surface area contributed by atoms with Crippen molar-refractivity contribution in [1.29, 1.82) is 0 Å². The second-order valence-electron chi connectivity index (χ2n) is 9.19. The van der Waals surface area contributed by atoms with Crippen LogP contribution in [0.4, 0.5) is 18.9 Å². The summed E-state index contributed by atoms with van der Waals surface area (Å²) in [5.41, 5.74) is 0.421. The van der Waals surface area contributed by atoms with Gasteiger partial charge in [0.05, 0.1) is 22.0 Å². The predicted octanol–water partition coefficient (Wildman–Crippen LogP) is 4.67. The molecular formula is C24H23ClF3N7O3S. The van der Waals surface area contributed by atoms with Gasteiger partial charge in [0.15, 0.2) is 16.5 Å². The number of pyridine rings is 1. The van der Waals surface area contributed by atoms with Gasteiger partial charge in [-0.2, -0.15) is 31.7 Å². The summed E-state index contributed by atoms with van der Waals surface area (Å²) in [6.45, 7) is 3.62. The van der Waals surface area contributed by atoms with E-state index in [0.29, 0.717) is 40.3 Å². The number of aryl methyl sites for hydroxylation is 1. The number of piperidine rings is 1. The maximum Gasteiger partial charge on any atom is 0.416 e. The van der Waals surface area contributed by atoms with Gasteiger partial charge >= 0.3 is 6.18 Å². The van der Waals surface area contributed by atoms with Crippen molar-refractivity contribution in [2.75, 3.05) is 24.9 Å². The minimum absolute atomic E-state index is 0.0220. The summed E-state index contributed by atoms with van der Waals surface area (Å²) in [6, 6.07) is 5.48. The number of ether oxygens (including phenoxy) is 1. The van der Waals surface area contributed by atoms with Crippen molar-refractivity contribution in [3.05, 3.63) is 52.8 Å². The Morgan fingerprint density at radius 1 is 1.15 bits per heavy atom. The van der Waals surface area contributed by atoms with E-state index in [1.165, 1.54) is 18.2 Å². The summed E-state index contributed by atoms with van der Waals surface area (Å²) in [5, 5.41) is 6.95. The second-order valence-corrected chi connectivity index (χ2v) is 11.2. The number of aromatic amines is 1. The molecule has 0 unspecified atom stereocenters. The van der Waals surface area contributed by atoms with Crippen molar-refractivity contribution in [3.63, 3.8) is 0 Å². The number of alkyl halides is 3. The van der Waals surface area contributed by atoms with Gasteiger partial charge in [-0.25, -0.2) is 9.97 Å². The molecule has 0 spiro atoms. The van der Waals surface area contributed by atoms with Crippen molar-refractivity contribution in [1.82, 2.24) is 30.0 Å². The fourth-order valence-corrected chi connectivity index (χ4v) is 5.52. The van der Waals surface area contributed by atoms with Crippen LogP contribution in [0.15, 0.2) is 41.6 Å². The van der Waals surface area contributed by atoms with Crippen LogP contribution < -0.4 is 9.46 Å². The minimum atomic E-state index is -4.73. The molecule has 15 heteroatoms. The SMILES string of the molecule is Cc1n[nH]c2nc(-c3ccc(NS(=O)(=O)c4cc(C(F)(F)F)ccn4)c(Cl)c3)nc(OC3CCN(C)CC3)c12. The number of anilines is 1. The molecule has 3 aromatic heterocycles. The Balaban J connectivity index is 1.44. The van der Waals surface area contributed by atoms with Crippen LogP contribution in [0.2, 0.25) is 5.02 Å². The topological polar surface area (TPSA) is 126 Å². The third-order valence-electron chi connectivity index (χ3n) is 6.32. The van der Waals surface area contributed by atoms with Crippen LogP contribution in [0, 0.1) is 6.92 Å². The quantitative estimate of drug-likeness (QED) is 0.336. The number of rotatable bonds is 6. The molecule has 0 aliphatic carbocycles. The first-order valence-corrected chi connectivity index (χ1v) is 13.7. The molecule has 1 aliphatic rings. The smallest absolute Gasteiger partial charge is 0.416 e. The second kappa shape index (κ2) is 10.2. The normalized spacial score (nSPS) is 15.5. The Bertz CT molecular complexity index is 1640. The van der Waals surface area contributed by atoms with Gasteiger partial charge in [-0.15, -0.1) is 0 Å². The molecule has 0 saturated carbocycles. The molecule has 4 aromatic rings. The lowest BCUT2D eigenvalue weighted by Crippen LogP contribution is -2.35. The number of halogens is 4. The number of aromatic nitrogens is 5. The largest absolute Gasteiger partial charge is 0.474 e. The third-order valence-corrected chi connectivity index (χ3v) is 7.90. The van der Waals surface area contributed by atoms with Gasteiger partial charge in [-0.1, -0.05) is 11.6 Å². The van der Waals surface area contributed by atoms with E-state index in [9.17, 15) is 21.6 Å². The molecule has 10 nitrogen and oxygen atoms in total. The van der Waals surface area contributed by atoms with E-state index in [1.54, 1.807) is 0 Å². The zero-order valence-corrected chi connectivity index (χ0v) is 22.3. The maximum atomic E-state index is 13.0. The number of H-pyrrole nitrogens is 1. The maximum absolute atomic E-state index is 13.0. The highest BCUT2D eigenvalue weighted by atomic mass is 35.5. The zero-order chi connectivity index (χ0) is 27.9. The van der Waals surface area contributed by atoms with Crippen molar-refractivity contribution >= 4 is 38.3 Å². The number of likely N-dealkylation sites (tertiary alicyclic amines) is 1. The highest BCUT2D eigenvalue weighted by molar-refractivity contribution is 7.92. The highest BCUT2D eigenvalue weighted by Gasteiger charge is 2.32. The van der Waals surface area contributed by atoms with Crippen molar-refractivity contribution in [2.45, 2.75) is 37.1 Å². The van der Waals surface area contributed by atoms with E-state index in [4.69, 9.17) is 16.3 Å². The fourth-order valence-electron chi connectivity index (χ4n) is 4.18. The molecule has 39 heavy (non-hydrogen) atoms. The van der Waals surface area contributed by atoms with Crippen LogP contribution in [0.1, 0.15) is 24.1 Å². The first-order valence-electron chi connectivity index (χ1n) is 11.8. The molecule has 0 radical (unpaired) electrons.